The summed E-state index contributed by atoms with van der Waals surface area (Å²) in [5, 5.41) is 11.5. The van der Waals surface area contributed by atoms with Crippen molar-refractivity contribution in [2.45, 2.75) is 38.7 Å². The first-order chi connectivity index (χ1) is 11.3. The number of likely N-dealkylation sites (tertiary alicyclic amines) is 1. The Morgan fingerprint density at radius 2 is 2.12 bits per heavy atom. The molecule has 1 aromatic carbocycles. The van der Waals surface area contributed by atoms with Crippen molar-refractivity contribution in [3.8, 4) is 0 Å². The van der Waals surface area contributed by atoms with Gasteiger partial charge in [-0.3, -0.25) is 9.59 Å². The molecule has 1 unspecified atom stereocenters. The summed E-state index contributed by atoms with van der Waals surface area (Å²) in [6.45, 7) is 4.41. The van der Waals surface area contributed by atoms with Crippen LogP contribution in [0, 0.1) is 13.8 Å². The van der Waals surface area contributed by atoms with Crippen molar-refractivity contribution in [1.82, 2.24) is 4.90 Å². The van der Waals surface area contributed by atoms with Crippen LogP contribution in [0.4, 0.5) is 0 Å². The number of furan rings is 1. The molecule has 1 saturated heterocycles. The number of hydrogen-bond acceptors (Lipinski definition) is 4. The van der Waals surface area contributed by atoms with Crippen LogP contribution in [0.3, 0.4) is 0 Å². The quantitative estimate of drug-likeness (QED) is 0.898. The molecule has 1 aliphatic heterocycles. The molecule has 128 valence electrons. The van der Waals surface area contributed by atoms with Crippen molar-refractivity contribution in [2.75, 3.05) is 13.1 Å². The average Bonchev–Trinajstić information content (AvgIpc) is 2.84. The van der Waals surface area contributed by atoms with Gasteiger partial charge in [0.15, 0.2) is 5.76 Å². The predicted octanol–water partition coefficient (Wildman–Crippen LogP) is 1.89. The summed E-state index contributed by atoms with van der Waals surface area (Å²) in [5.74, 6) is -0.532. The largest absolute Gasteiger partial charge is 0.450 e. The number of amides is 2. The van der Waals surface area contributed by atoms with Crippen LogP contribution in [0.1, 0.15) is 40.9 Å². The highest BCUT2D eigenvalue weighted by atomic mass is 16.3. The van der Waals surface area contributed by atoms with Gasteiger partial charge in [-0.1, -0.05) is 18.2 Å². The van der Waals surface area contributed by atoms with Crippen LogP contribution in [0.25, 0.3) is 11.0 Å². The van der Waals surface area contributed by atoms with Crippen LogP contribution in [0.2, 0.25) is 0 Å². The van der Waals surface area contributed by atoms with Gasteiger partial charge in [0, 0.05) is 17.5 Å². The van der Waals surface area contributed by atoms with E-state index < -0.39 is 11.5 Å². The monoisotopic (exact) mass is 330 g/mol. The average molecular weight is 330 g/mol. The number of fused-ring (bicyclic) bond motifs is 1. The van der Waals surface area contributed by atoms with Gasteiger partial charge < -0.3 is 20.2 Å². The standard InChI is InChI=1S/C18H22N2O4/c1-11-5-3-6-13-12(2)16(24-15(11)13)17(22)20-8-4-7-18(23,10-20)9-14(19)21/h3,5-6,23H,4,7-10H2,1-2H3,(H2,19,21). The molecule has 1 atom stereocenters. The fraction of sp³-hybridized carbons (Fsp3) is 0.444. The highest BCUT2D eigenvalue weighted by Crippen LogP contribution is 2.31. The molecule has 1 fully saturated rings. The van der Waals surface area contributed by atoms with Crippen molar-refractivity contribution in [2.24, 2.45) is 5.73 Å². The lowest BCUT2D eigenvalue weighted by Gasteiger charge is -2.38. The van der Waals surface area contributed by atoms with Crippen molar-refractivity contribution < 1.29 is 19.1 Å². The van der Waals surface area contributed by atoms with E-state index in [0.29, 0.717) is 30.7 Å². The molecule has 2 aromatic rings. The summed E-state index contributed by atoms with van der Waals surface area (Å²) < 4.78 is 5.83. The van der Waals surface area contributed by atoms with Gasteiger partial charge in [0.25, 0.3) is 5.91 Å². The number of β-amino-alcohol motifs (C(OH)–C–C–N with tert-alkyl or cyclic N) is 1. The summed E-state index contributed by atoms with van der Waals surface area (Å²) in [6, 6.07) is 5.80. The third-order valence-electron chi connectivity index (χ3n) is 4.70. The number of carbonyl (C=O) groups is 2. The second-order valence-electron chi connectivity index (χ2n) is 6.71. The molecule has 2 heterocycles. The molecule has 1 aliphatic rings. The number of para-hydroxylation sites is 1. The number of carbonyl (C=O) groups excluding carboxylic acids is 2. The Balaban J connectivity index is 1.90. The van der Waals surface area contributed by atoms with Crippen molar-refractivity contribution in [3.63, 3.8) is 0 Å². The maximum absolute atomic E-state index is 12.9. The molecule has 2 amide bonds. The first-order valence-electron chi connectivity index (χ1n) is 8.09. The van der Waals surface area contributed by atoms with Gasteiger partial charge in [-0.2, -0.15) is 0 Å². The minimum atomic E-state index is -1.25. The Labute approximate surface area is 140 Å². The number of nitrogens with zero attached hydrogens (tertiary/aromatic N) is 1. The number of primary amides is 1. The maximum atomic E-state index is 12.9. The SMILES string of the molecule is Cc1c(C(=O)N2CCCC(O)(CC(N)=O)C2)oc2c(C)cccc12. The fourth-order valence-corrected chi connectivity index (χ4v) is 3.49. The van der Waals surface area contributed by atoms with E-state index in [1.807, 2.05) is 32.0 Å². The van der Waals surface area contributed by atoms with E-state index in [1.165, 1.54) is 0 Å². The molecule has 0 spiro atoms. The van der Waals surface area contributed by atoms with E-state index in [2.05, 4.69) is 0 Å². The summed E-state index contributed by atoms with van der Waals surface area (Å²) >= 11 is 0. The fourth-order valence-electron chi connectivity index (χ4n) is 3.49. The topological polar surface area (TPSA) is 96.8 Å². The van der Waals surface area contributed by atoms with E-state index in [4.69, 9.17) is 10.2 Å². The Kier molecular flexibility index (Phi) is 4.09. The summed E-state index contributed by atoms with van der Waals surface area (Å²) in [4.78, 5) is 25.6. The normalized spacial score (nSPS) is 21.2. The lowest BCUT2D eigenvalue weighted by atomic mass is 9.89. The number of aliphatic hydroxyl groups is 1. The van der Waals surface area contributed by atoms with Crippen molar-refractivity contribution in [1.29, 1.82) is 0 Å². The van der Waals surface area contributed by atoms with E-state index >= 15 is 0 Å². The van der Waals surface area contributed by atoms with Gasteiger partial charge in [-0.05, 0) is 32.3 Å². The van der Waals surface area contributed by atoms with Crippen LogP contribution in [0.5, 0.6) is 0 Å². The highest BCUT2D eigenvalue weighted by molar-refractivity contribution is 5.99. The second kappa shape index (κ2) is 5.94. The molecule has 0 saturated carbocycles. The summed E-state index contributed by atoms with van der Waals surface area (Å²) in [6.07, 6.45) is 0.931. The first kappa shape index (κ1) is 16.5. The second-order valence-corrected chi connectivity index (χ2v) is 6.71. The van der Waals surface area contributed by atoms with Crippen LogP contribution in [-0.4, -0.2) is 40.5 Å². The minimum absolute atomic E-state index is 0.0875. The molecule has 0 bridgehead atoms. The van der Waals surface area contributed by atoms with Crippen LogP contribution >= 0.6 is 0 Å². The molecule has 0 aliphatic carbocycles. The minimum Gasteiger partial charge on any atom is -0.450 e. The third-order valence-corrected chi connectivity index (χ3v) is 4.70. The first-order valence-corrected chi connectivity index (χ1v) is 8.09. The van der Waals surface area contributed by atoms with Gasteiger partial charge in [-0.15, -0.1) is 0 Å². The summed E-state index contributed by atoms with van der Waals surface area (Å²) in [7, 11) is 0. The summed E-state index contributed by atoms with van der Waals surface area (Å²) in [5.41, 5.74) is 6.43. The molecule has 6 nitrogen and oxygen atoms in total. The number of aryl methyl sites for hydroxylation is 2. The maximum Gasteiger partial charge on any atom is 0.289 e. The lowest BCUT2D eigenvalue weighted by molar-refractivity contribution is -0.125. The zero-order chi connectivity index (χ0) is 17.5. The Bertz CT molecular complexity index is 811. The predicted molar refractivity (Wildman–Crippen MR) is 89.6 cm³/mol. The number of nitrogens with two attached hydrogens (primary N) is 1. The van der Waals surface area contributed by atoms with E-state index in [1.54, 1.807) is 4.90 Å². The highest BCUT2D eigenvalue weighted by Gasteiger charge is 2.38. The van der Waals surface area contributed by atoms with Crippen molar-refractivity contribution >= 4 is 22.8 Å². The van der Waals surface area contributed by atoms with Gasteiger partial charge >= 0.3 is 0 Å². The van der Waals surface area contributed by atoms with Crippen LogP contribution < -0.4 is 5.73 Å². The van der Waals surface area contributed by atoms with Crippen molar-refractivity contribution in [3.05, 3.63) is 35.1 Å². The number of benzene rings is 1. The van der Waals surface area contributed by atoms with Gasteiger partial charge in [0.1, 0.15) is 5.58 Å². The van der Waals surface area contributed by atoms with Crippen LogP contribution in [0.15, 0.2) is 22.6 Å². The van der Waals surface area contributed by atoms with E-state index in [-0.39, 0.29) is 18.9 Å². The Hall–Kier alpha value is -2.34. The Morgan fingerprint density at radius 1 is 1.38 bits per heavy atom. The van der Waals surface area contributed by atoms with Gasteiger partial charge in [-0.25, -0.2) is 0 Å². The molecule has 3 N–H and O–H groups in total. The van der Waals surface area contributed by atoms with E-state index in [0.717, 1.165) is 16.5 Å². The van der Waals surface area contributed by atoms with Gasteiger partial charge in [0.05, 0.1) is 18.6 Å². The molecule has 24 heavy (non-hydrogen) atoms. The number of hydrogen-bond donors (Lipinski definition) is 2. The molecular formula is C18H22N2O4. The third kappa shape index (κ3) is 2.89. The Morgan fingerprint density at radius 3 is 2.79 bits per heavy atom. The number of piperidine rings is 1. The molecule has 3 rings (SSSR count). The lowest BCUT2D eigenvalue weighted by Crippen LogP contribution is -2.51. The van der Waals surface area contributed by atoms with E-state index in [9.17, 15) is 14.7 Å². The molecular weight excluding hydrogens is 308 g/mol. The zero-order valence-corrected chi connectivity index (χ0v) is 14.0. The molecule has 1 aromatic heterocycles. The molecule has 0 radical (unpaired) electrons. The van der Waals surface area contributed by atoms with Crippen LogP contribution in [-0.2, 0) is 4.79 Å². The van der Waals surface area contributed by atoms with Gasteiger partial charge in [0.2, 0.25) is 5.91 Å². The number of rotatable bonds is 3. The smallest absolute Gasteiger partial charge is 0.289 e. The molecule has 6 heteroatoms. The zero-order valence-electron chi connectivity index (χ0n) is 14.0.